The van der Waals surface area contributed by atoms with E-state index in [0.29, 0.717) is 6.10 Å². The molecule has 0 saturated carbocycles. The molecule has 0 saturated heterocycles. The molecule has 0 unspecified atom stereocenters. The van der Waals surface area contributed by atoms with Crippen molar-refractivity contribution in [3.05, 3.63) is 30.3 Å². The van der Waals surface area contributed by atoms with Crippen molar-refractivity contribution >= 4 is 0 Å². The molecular formula is C23H40O3. The fraction of sp³-hybridized carbons (Fsp3) is 0.739. The van der Waals surface area contributed by atoms with Crippen molar-refractivity contribution < 1.29 is 14.2 Å². The van der Waals surface area contributed by atoms with E-state index in [1.165, 1.54) is 51.4 Å². The average molecular weight is 365 g/mol. The molecule has 0 amide bonds. The van der Waals surface area contributed by atoms with Crippen LogP contribution < -0.4 is 4.74 Å². The van der Waals surface area contributed by atoms with Crippen LogP contribution in [-0.4, -0.2) is 32.5 Å². The van der Waals surface area contributed by atoms with Gasteiger partial charge in [0.05, 0.1) is 12.7 Å². The highest BCUT2D eigenvalue weighted by Crippen LogP contribution is 2.12. The summed E-state index contributed by atoms with van der Waals surface area (Å²) in [6, 6.07) is 10.1. The molecule has 0 radical (unpaired) electrons. The normalized spacial score (nSPS) is 11.2. The molecule has 0 fully saturated rings. The van der Waals surface area contributed by atoms with E-state index >= 15 is 0 Å². The zero-order chi connectivity index (χ0) is 18.7. The van der Waals surface area contributed by atoms with Gasteiger partial charge in [-0.3, -0.25) is 0 Å². The van der Waals surface area contributed by atoms with Crippen molar-refractivity contribution in [1.29, 1.82) is 0 Å². The number of hydrogen-bond acceptors (Lipinski definition) is 3. The molecule has 0 aromatic heterocycles. The predicted octanol–water partition coefficient (Wildman–Crippen LogP) is 6.41. The van der Waals surface area contributed by atoms with Crippen LogP contribution in [0.3, 0.4) is 0 Å². The van der Waals surface area contributed by atoms with Crippen LogP contribution in [0.4, 0.5) is 0 Å². The highest BCUT2D eigenvalue weighted by Gasteiger charge is 1.96. The minimum Gasteiger partial charge on any atom is -0.494 e. The van der Waals surface area contributed by atoms with E-state index in [4.69, 9.17) is 14.2 Å². The zero-order valence-corrected chi connectivity index (χ0v) is 17.1. The molecule has 0 atom stereocenters. The lowest BCUT2D eigenvalue weighted by Crippen LogP contribution is -2.07. The van der Waals surface area contributed by atoms with Crippen molar-refractivity contribution in [3.8, 4) is 5.75 Å². The zero-order valence-electron chi connectivity index (χ0n) is 17.1. The number of benzene rings is 1. The number of hydrogen-bond donors (Lipinski definition) is 0. The van der Waals surface area contributed by atoms with Crippen molar-refractivity contribution in [1.82, 2.24) is 0 Å². The molecular weight excluding hydrogens is 324 g/mol. The summed E-state index contributed by atoms with van der Waals surface area (Å²) in [5, 5.41) is 0. The van der Waals surface area contributed by atoms with Gasteiger partial charge in [0.25, 0.3) is 0 Å². The van der Waals surface area contributed by atoms with Crippen LogP contribution >= 0.6 is 0 Å². The monoisotopic (exact) mass is 364 g/mol. The van der Waals surface area contributed by atoms with Crippen molar-refractivity contribution in [2.24, 2.45) is 0 Å². The second-order valence-electron chi connectivity index (χ2n) is 7.23. The van der Waals surface area contributed by atoms with Gasteiger partial charge in [-0.1, -0.05) is 63.1 Å². The van der Waals surface area contributed by atoms with Crippen LogP contribution in [0.15, 0.2) is 30.3 Å². The molecule has 26 heavy (non-hydrogen) atoms. The van der Waals surface area contributed by atoms with Crippen LogP contribution in [0.2, 0.25) is 0 Å². The molecule has 1 rings (SSSR count). The molecule has 3 nitrogen and oxygen atoms in total. The molecule has 0 spiro atoms. The topological polar surface area (TPSA) is 27.7 Å². The predicted molar refractivity (Wildman–Crippen MR) is 110 cm³/mol. The Labute approximate surface area is 161 Å². The second-order valence-corrected chi connectivity index (χ2v) is 7.23. The third-order valence-electron chi connectivity index (χ3n) is 4.33. The van der Waals surface area contributed by atoms with Crippen LogP contribution in [0.5, 0.6) is 5.75 Å². The largest absolute Gasteiger partial charge is 0.494 e. The smallest absolute Gasteiger partial charge is 0.119 e. The Morgan fingerprint density at radius 2 is 1.15 bits per heavy atom. The minimum absolute atomic E-state index is 0.331. The lowest BCUT2D eigenvalue weighted by Gasteiger charge is -2.08. The van der Waals surface area contributed by atoms with E-state index in [-0.39, 0.29) is 0 Å². The van der Waals surface area contributed by atoms with E-state index in [1.807, 2.05) is 30.3 Å². The number of ether oxygens (including phenoxy) is 3. The highest BCUT2D eigenvalue weighted by molar-refractivity contribution is 5.20. The Morgan fingerprint density at radius 1 is 0.615 bits per heavy atom. The number of para-hydroxylation sites is 1. The fourth-order valence-electron chi connectivity index (χ4n) is 2.83. The van der Waals surface area contributed by atoms with Crippen LogP contribution in [0, 0.1) is 0 Å². The summed E-state index contributed by atoms with van der Waals surface area (Å²) < 4.78 is 16.8. The van der Waals surface area contributed by atoms with Gasteiger partial charge in [-0.05, 0) is 45.2 Å². The summed E-state index contributed by atoms with van der Waals surface area (Å²) in [5.41, 5.74) is 0. The van der Waals surface area contributed by atoms with E-state index in [2.05, 4.69) is 13.8 Å². The van der Waals surface area contributed by atoms with Gasteiger partial charge in [0.15, 0.2) is 0 Å². The lowest BCUT2D eigenvalue weighted by molar-refractivity contribution is 0.0507. The van der Waals surface area contributed by atoms with Crippen LogP contribution in [0.25, 0.3) is 0 Å². The fourth-order valence-corrected chi connectivity index (χ4v) is 2.83. The first kappa shape index (κ1) is 23.0. The average Bonchev–Trinajstić information content (AvgIpc) is 2.65. The van der Waals surface area contributed by atoms with Gasteiger partial charge < -0.3 is 14.2 Å². The summed E-state index contributed by atoms with van der Waals surface area (Å²) >= 11 is 0. The van der Waals surface area contributed by atoms with Gasteiger partial charge in [-0.25, -0.2) is 0 Å². The molecule has 0 aliphatic heterocycles. The summed E-state index contributed by atoms with van der Waals surface area (Å²) in [6.45, 7) is 7.54. The second kappa shape index (κ2) is 17.4. The van der Waals surface area contributed by atoms with E-state index in [0.717, 1.165) is 45.0 Å². The maximum absolute atomic E-state index is 5.71. The quantitative estimate of drug-likeness (QED) is 0.282. The van der Waals surface area contributed by atoms with Crippen LogP contribution in [0.1, 0.15) is 78.1 Å². The number of unbranched alkanes of at least 4 members (excludes halogenated alkanes) is 8. The van der Waals surface area contributed by atoms with Gasteiger partial charge in [0, 0.05) is 19.8 Å². The molecule has 0 bridgehead atoms. The molecule has 3 heteroatoms. The molecule has 0 aliphatic carbocycles. The Balaban J connectivity index is 1.70. The maximum Gasteiger partial charge on any atom is 0.119 e. The Bertz CT molecular complexity index is 392. The first-order valence-corrected chi connectivity index (χ1v) is 10.7. The third-order valence-corrected chi connectivity index (χ3v) is 4.33. The van der Waals surface area contributed by atoms with Gasteiger partial charge >= 0.3 is 0 Å². The summed E-state index contributed by atoms with van der Waals surface area (Å²) in [7, 11) is 0. The molecule has 1 aromatic carbocycles. The van der Waals surface area contributed by atoms with E-state index in [9.17, 15) is 0 Å². The maximum atomic E-state index is 5.71. The molecule has 150 valence electrons. The van der Waals surface area contributed by atoms with Crippen molar-refractivity contribution in [2.75, 3.05) is 26.4 Å². The minimum atomic E-state index is 0.331. The van der Waals surface area contributed by atoms with E-state index in [1.54, 1.807) is 0 Å². The van der Waals surface area contributed by atoms with Gasteiger partial charge in [-0.15, -0.1) is 0 Å². The Kier molecular flexibility index (Phi) is 15.3. The first-order valence-electron chi connectivity index (χ1n) is 10.7. The highest BCUT2D eigenvalue weighted by atomic mass is 16.5. The Hall–Kier alpha value is -1.06. The molecule has 0 N–H and O–H groups in total. The van der Waals surface area contributed by atoms with E-state index < -0.39 is 0 Å². The molecule has 0 aliphatic rings. The van der Waals surface area contributed by atoms with Crippen molar-refractivity contribution in [3.63, 3.8) is 0 Å². The standard InChI is InChI=1S/C23H40O3/c1-22(2)25-21-15-19-24-18-13-8-6-4-3-5-7-9-14-20-26-23-16-11-10-12-17-23/h10-12,16-17,22H,3-9,13-15,18-21H2,1-2H3. The first-order chi connectivity index (χ1) is 12.8. The van der Waals surface area contributed by atoms with Gasteiger partial charge in [0.2, 0.25) is 0 Å². The van der Waals surface area contributed by atoms with Gasteiger partial charge in [0.1, 0.15) is 5.75 Å². The summed E-state index contributed by atoms with van der Waals surface area (Å²) in [5.74, 6) is 0.986. The summed E-state index contributed by atoms with van der Waals surface area (Å²) in [6.07, 6.45) is 13.0. The third kappa shape index (κ3) is 15.2. The SMILES string of the molecule is CC(C)OCCCOCCCCCCCCCCCOc1ccccc1. The Morgan fingerprint density at radius 3 is 1.77 bits per heavy atom. The lowest BCUT2D eigenvalue weighted by atomic mass is 10.1. The molecule has 0 heterocycles. The van der Waals surface area contributed by atoms with Crippen molar-refractivity contribution in [2.45, 2.75) is 84.2 Å². The molecule has 1 aromatic rings. The summed E-state index contributed by atoms with van der Waals surface area (Å²) in [4.78, 5) is 0. The number of rotatable bonds is 18. The van der Waals surface area contributed by atoms with Crippen LogP contribution in [-0.2, 0) is 9.47 Å². The van der Waals surface area contributed by atoms with Gasteiger partial charge in [-0.2, -0.15) is 0 Å².